The molecule has 0 radical (unpaired) electrons. The van der Waals surface area contributed by atoms with E-state index in [2.05, 4.69) is 28.8 Å². The minimum absolute atomic E-state index is 0.0279. The van der Waals surface area contributed by atoms with Crippen molar-refractivity contribution in [3.05, 3.63) is 41.5 Å². The van der Waals surface area contributed by atoms with E-state index < -0.39 is 0 Å². The van der Waals surface area contributed by atoms with E-state index in [1.807, 2.05) is 24.7 Å². The van der Waals surface area contributed by atoms with Crippen LogP contribution >= 0.6 is 0 Å². The van der Waals surface area contributed by atoms with Gasteiger partial charge in [0.05, 0.1) is 36.6 Å². The number of H-pyrrole nitrogens is 1. The number of aromatic amines is 1. The highest BCUT2D eigenvalue weighted by Gasteiger charge is 2.33. The van der Waals surface area contributed by atoms with Gasteiger partial charge in [-0.05, 0) is 37.5 Å². The number of nitrogens with one attached hydrogen (secondary N) is 1. The number of aliphatic hydroxyl groups is 1. The van der Waals surface area contributed by atoms with Crippen molar-refractivity contribution in [2.45, 2.75) is 45.3 Å². The Morgan fingerprint density at radius 1 is 1.31 bits per heavy atom. The molecule has 7 heteroatoms. The van der Waals surface area contributed by atoms with Gasteiger partial charge in [0.1, 0.15) is 5.65 Å². The van der Waals surface area contributed by atoms with E-state index in [0.717, 1.165) is 44.7 Å². The molecule has 29 heavy (non-hydrogen) atoms. The van der Waals surface area contributed by atoms with Gasteiger partial charge >= 0.3 is 0 Å². The second-order valence-corrected chi connectivity index (χ2v) is 8.03. The number of aryl methyl sites for hydroxylation is 2. The first-order valence-corrected chi connectivity index (χ1v) is 10.0. The van der Waals surface area contributed by atoms with E-state index in [0.29, 0.717) is 32.4 Å². The third-order valence-corrected chi connectivity index (χ3v) is 6.05. The Balaban J connectivity index is 1.51. The molecule has 5 heterocycles. The topological polar surface area (TPSA) is 91.3 Å². The molecule has 1 fully saturated rings. The average Bonchev–Trinajstić information content (AvgIpc) is 3.22. The standard InChI is InChI=1S/C22H24N4O3/c1-12-8-24-22-21(12)13(2)17(10-25-22)14-5-19-18(23-9-14)7-20(28)26(19)11-16-6-15(27)3-4-29-16/h5,8-10,15-16,27H,3-4,6-7,11H2,1-2H3,(H,24,25)/t15-,16+/m0/s1. The number of amides is 1. The molecule has 3 aromatic rings. The third kappa shape index (κ3) is 3.10. The van der Waals surface area contributed by atoms with Gasteiger partial charge in [-0.15, -0.1) is 0 Å². The van der Waals surface area contributed by atoms with E-state index in [9.17, 15) is 9.90 Å². The van der Waals surface area contributed by atoms with Crippen LogP contribution in [0.5, 0.6) is 0 Å². The molecule has 2 aliphatic heterocycles. The lowest BCUT2D eigenvalue weighted by atomic mass is 10.00. The largest absolute Gasteiger partial charge is 0.393 e. The van der Waals surface area contributed by atoms with Gasteiger partial charge in [0.2, 0.25) is 5.91 Å². The molecule has 5 rings (SSSR count). The van der Waals surface area contributed by atoms with E-state index in [1.54, 1.807) is 4.90 Å². The van der Waals surface area contributed by atoms with Crippen LogP contribution in [-0.4, -0.2) is 51.3 Å². The van der Waals surface area contributed by atoms with Gasteiger partial charge in [-0.3, -0.25) is 9.78 Å². The Morgan fingerprint density at radius 3 is 3.00 bits per heavy atom. The van der Waals surface area contributed by atoms with Gasteiger partial charge in [-0.1, -0.05) is 0 Å². The van der Waals surface area contributed by atoms with E-state index >= 15 is 0 Å². The zero-order valence-electron chi connectivity index (χ0n) is 16.6. The minimum Gasteiger partial charge on any atom is -0.393 e. The number of rotatable bonds is 3. The first-order valence-electron chi connectivity index (χ1n) is 10.0. The second-order valence-electron chi connectivity index (χ2n) is 8.03. The number of pyridine rings is 2. The lowest BCUT2D eigenvalue weighted by Gasteiger charge is -2.30. The monoisotopic (exact) mass is 392 g/mol. The molecule has 0 aromatic carbocycles. The number of anilines is 1. The fourth-order valence-electron chi connectivity index (χ4n) is 4.50. The van der Waals surface area contributed by atoms with Gasteiger partial charge in [0.25, 0.3) is 0 Å². The van der Waals surface area contributed by atoms with Crippen LogP contribution < -0.4 is 4.90 Å². The van der Waals surface area contributed by atoms with Crippen molar-refractivity contribution in [3.63, 3.8) is 0 Å². The molecule has 0 unspecified atom stereocenters. The van der Waals surface area contributed by atoms with Crippen molar-refractivity contribution < 1.29 is 14.6 Å². The van der Waals surface area contributed by atoms with E-state index in [1.165, 1.54) is 0 Å². The van der Waals surface area contributed by atoms with Crippen molar-refractivity contribution >= 4 is 22.6 Å². The van der Waals surface area contributed by atoms with Crippen LogP contribution in [0, 0.1) is 13.8 Å². The predicted molar refractivity (Wildman–Crippen MR) is 110 cm³/mol. The highest BCUT2D eigenvalue weighted by molar-refractivity contribution is 6.01. The number of aliphatic hydroxyl groups excluding tert-OH is 1. The van der Waals surface area contributed by atoms with Crippen LogP contribution in [0.25, 0.3) is 22.2 Å². The minimum atomic E-state index is -0.361. The zero-order chi connectivity index (χ0) is 20.1. The van der Waals surface area contributed by atoms with Gasteiger partial charge in [-0.25, -0.2) is 4.98 Å². The molecule has 150 valence electrons. The number of aromatic nitrogens is 3. The molecule has 0 bridgehead atoms. The molecular weight excluding hydrogens is 368 g/mol. The molecule has 0 spiro atoms. The molecule has 0 aliphatic carbocycles. The zero-order valence-corrected chi connectivity index (χ0v) is 16.6. The highest BCUT2D eigenvalue weighted by Crippen LogP contribution is 2.35. The maximum Gasteiger partial charge on any atom is 0.233 e. The Morgan fingerprint density at radius 2 is 2.17 bits per heavy atom. The molecule has 1 saturated heterocycles. The summed E-state index contributed by atoms with van der Waals surface area (Å²) < 4.78 is 5.77. The first-order chi connectivity index (χ1) is 14.0. The number of carbonyl (C=O) groups excluding carboxylic acids is 1. The quantitative estimate of drug-likeness (QED) is 0.715. The average molecular weight is 392 g/mol. The van der Waals surface area contributed by atoms with Gasteiger partial charge in [0, 0.05) is 48.1 Å². The number of hydrogen-bond acceptors (Lipinski definition) is 5. The fraction of sp³-hybridized carbons (Fsp3) is 0.409. The normalized spacial score (nSPS) is 21.8. The number of carbonyl (C=O) groups is 1. The maximum atomic E-state index is 12.6. The van der Waals surface area contributed by atoms with Crippen molar-refractivity contribution in [1.29, 1.82) is 0 Å². The lowest BCUT2D eigenvalue weighted by molar-refractivity contribution is -0.118. The summed E-state index contributed by atoms with van der Waals surface area (Å²) >= 11 is 0. The number of fused-ring (bicyclic) bond motifs is 2. The number of ether oxygens (including phenoxy) is 1. The predicted octanol–water partition coefficient (Wildman–Crippen LogP) is 2.67. The summed E-state index contributed by atoms with van der Waals surface area (Å²) in [5, 5.41) is 11.0. The van der Waals surface area contributed by atoms with Crippen LogP contribution in [-0.2, 0) is 16.0 Å². The van der Waals surface area contributed by atoms with E-state index in [4.69, 9.17) is 4.74 Å². The molecule has 0 saturated carbocycles. The number of nitrogens with zero attached hydrogens (tertiary/aromatic N) is 3. The SMILES string of the molecule is Cc1c[nH]c2ncc(-c3cnc4c(c3)N(C[C@H]3C[C@@H](O)CCO3)C(=O)C4)c(C)c12. The van der Waals surface area contributed by atoms with Crippen LogP contribution in [0.2, 0.25) is 0 Å². The summed E-state index contributed by atoms with van der Waals surface area (Å²) in [6.45, 7) is 5.13. The summed E-state index contributed by atoms with van der Waals surface area (Å²) in [6.07, 6.45) is 6.65. The Hall–Kier alpha value is -2.77. The number of hydrogen-bond donors (Lipinski definition) is 2. The van der Waals surface area contributed by atoms with Gasteiger partial charge in [0.15, 0.2) is 0 Å². The van der Waals surface area contributed by atoms with Gasteiger partial charge in [-0.2, -0.15) is 0 Å². The summed E-state index contributed by atoms with van der Waals surface area (Å²) in [5.41, 5.74) is 6.76. The smallest absolute Gasteiger partial charge is 0.233 e. The van der Waals surface area contributed by atoms with Crippen molar-refractivity contribution in [2.75, 3.05) is 18.1 Å². The van der Waals surface area contributed by atoms with Crippen LogP contribution in [0.4, 0.5) is 5.69 Å². The maximum absolute atomic E-state index is 12.6. The van der Waals surface area contributed by atoms with E-state index in [-0.39, 0.29) is 18.1 Å². The first kappa shape index (κ1) is 18.3. The lowest BCUT2D eigenvalue weighted by Crippen LogP contribution is -2.40. The van der Waals surface area contributed by atoms with Crippen molar-refractivity contribution in [3.8, 4) is 11.1 Å². The van der Waals surface area contributed by atoms with Gasteiger partial charge < -0.3 is 19.7 Å². The van der Waals surface area contributed by atoms with Crippen LogP contribution in [0.1, 0.15) is 29.7 Å². The molecule has 3 aromatic heterocycles. The Bertz CT molecular complexity index is 1110. The molecule has 2 aliphatic rings. The molecule has 1 amide bonds. The molecule has 2 atom stereocenters. The van der Waals surface area contributed by atoms with Crippen molar-refractivity contribution in [2.24, 2.45) is 0 Å². The summed E-state index contributed by atoms with van der Waals surface area (Å²) in [6, 6.07) is 2.03. The summed E-state index contributed by atoms with van der Waals surface area (Å²) in [5.74, 6) is 0.0279. The third-order valence-electron chi connectivity index (χ3n) is 6.05. The van der Waals surface area contributed by atoms with Crippen molar-refractivity contribution in [1.82, 2.24) is 15.0 Å². The highest BCUT2D eigenvalue weighted by atomic mass is 16.5. The van der Waals surface area contributed by atoms with Crippen LogP contribution in [0.15, 0.2) is 24.7 Å². The fourth-order valence-corrected chi connectivity index (χ4v) is 4.50. The summed E-state index contributed by atoms with van der Waals surface area (Å²) in [4.78, 5) is 26.7. The van der Waals surface area contributed by atoms with Crippen LogP contribution in [0.3, 0.4) is 0 Å². The molecule has 2 N–H and O–H groups in total. The Kier molecular flexibility index (Phi) is 4.37. The molecule has 7 nitrogen and oxygen atoms in total. The second kappa shape index (κ2) is 6.93. The Labute approximate surface area is 168 Å². The molecular formula is C22H24N4O3. The summed E-state index contributed by atoms with van der Waals surface area (Å²) in [7, 11) is 0.